The number of aromatic nitrogens is 2. The molecular formula is C21H17N3O9S. The number of cyclic esters (lactones) is 1. The van der Waals surface area contributed by atoms with Crippen molar-refractivity contribution in [3.63, 3.8) is 0 Å². The number of hydrogen-bond donors (Lipinski definition) is 1. The standard InChI is InChI=1S/C21H17N3O9S/c1-3-21(27)13-7-15-17-10(8-23(15)19(25)12(13)9-32-20(21)26)6-11-14(24(28)29)4-5-16(18(11)22-17)33-34(2,30)31/h4-7,27H,3,8-9H2,1-2H3. The second-order valence-electron chi connectivity index (χ2n) is 8.12. The van der Waals surface area contributed by atoms with Gasteiger partial charge in [-0.15, -0.1) is 0 Å². The number of nitro groups is 1. The average Bonchev–Trinajstić information content (AvgIpc) is 3.12. The van der Waals surface area contributed by atoms with Crippen LogP contribution in [0.3, 0.4) is 0 Å². The van der Waals surface area contributed by atoms with E-state index in [-0.39, 0.29) is 64.4 Å². The number of pyridine rings is 2. The van der Waals surface area contributed by atoms with Gasteiger partial charge in [0.25, 0.3) is 11.2 Å². The highest BCUT2D eigenvalue weighted by molar-refractivity contribution is 7.86. The van der Waals surface area contributed by atoms with Crippen LogP contribution in [-0.2, 0) is 38.4 Å². The summed E-state index contributed by atoms with van der Waals surface area (Å²) in [5.41, 5.74) is -1.64. The van der Waals surface area contributed by atoms with E-state index in [0.717, 1.165) is 18.4 Å². The summed E-state index contributed by atoms with van der Waals surface area (Å²) >= 11 is 0. The predicted molar refractivity (Wildman–Crippen MR) is 117 cm³/mol. The van der Waals surface area contributed by atoms with Gasteiger partial charge in [-0.05, 0) is 24.6 Å². The van der Waals surface area contributed by atoms with Crippen LogP contribution >= 0.6 is 0 Å². The highest BCUT2D eigenvalue weighted by atomic mass is 32.2. The van der Waals surface area contributed by atoms with Crippen LogP contribution in [0.25, 0.3) is 22.3 Å². The van der Waals surface area contributed by atoms with Crippen molar-refractivity contribution >= 4 is 32.7 Å². The Balaban J connectivity index is 1.81. The lowest BCUT2D eigenvalue weighted by Gasteiger charge is -2.31. The molecule has 1 unspecified atom stereocenters. The van der Waals surface area contributed by atoms with E-state index in [1.54, 1.807) is 6.92 Å². The number of non-ortho nitro benzene ring substituents is 1. The third-order valence-electron chi connectivity index (χ3n) is 6.06. The van der Waals surface area contributed by atoms with Gasteiger partial charge in [-0.25, -0.2) is 9.78 Å². The Labute approximate surface area is 191 Å². The molecule has 0 saturated heterocycles. The van der Waals surface area contributed by atoms with Crippen LogP contribution in [0.1, 0.15) is 30.0 Å². The summed E-state index contributed by atoms with van der Waals surface area (Å²) in [6, 6.07) is 5.21. The molecule has 0 amide bonds. The van der Waals surface area contributed by atoms with Crippen LogP contribution < -0.4 is 9.74 Å². The molecule has 1 atom stereocenters. The Morgan fingerprint density at radius 3 is 2.71 bits per heavy atom. The van der Waals surface area contributed by atoms with Crippen molar-refractivity contribution < 1.29 is 32.2 Å². The fourth-order valence-electron chi connectivity index (χ4n) is 4.42. The molecule has 12 nitrogen and oxygen atoms in total. The first-order valence-corrected chi connectivity index (χ1v) is 11.9. The van der Waals surface area contributed by atoms with Crippen LogP contribution in [0.4, 0.5) is 5.69 Å². The molecule has 0 fully saturated rings. The first-order valence-electron chi connectivity index (χ1n) is 10.1. The van der Waals surface area contributed by atoms with Gasteiger partial charge in [0.1, 0.15) is 12.1 Å². The molecule has 34 heavy (non-hydrogen) atoms. The lowest BCUT2D eigenvalue weighted by Crippen LogP contribution is -2.44. The van der Waals surface area contributed by atoms with Crippen LogP contribution in [-0.4, -0.2) is 40.2 Å². The van der Waals surface area contributed by atoms with E-state index in [2.05, 4.69) is 4.98 Å². The van der Waals surface area contributed by atoms with Gasteiger partial charge in [0.05, 0.1) is 40.1 Å². The molecule has 4 heterocycles. The molecule has 1 aromatic carbocycles. The summed E-state index contributed by atoms with van der Waals surface area (Å²) < 4.78 is 34.9. The smallest absolute Gasteiger partial charge is 0.343 e. The first kappa shape index (κ1) is 22.0. The Hall–Kier alpha value is -3.84. The number of ether oxygens (including phenoxy) is 1. The van der Waals surface area contributed by atoms with E-state index < -0.39 is 32.2 Å². The summed E-state index contributed by atoms with van der Waals surface area (Å²) in [5, 5.41) is 22.6. The summed E-state index contributed by atoms with van der Waals surface area (Å²) in [7, 11) is -3.97. The quantitative estimate of drug-likeness (QED) is 0.192. The van der Waals surface area contributed by atoms with E-state index in [4.69, 9.17) is 8.92 Å². The number of nitrogens with zero attached hydrogens (tertiary/aromatic N) is 3. The maximum Gasteiger partial charge on any atom is 0.343 e. The minimum absolute atomic E-state index is 0.0295. The number of carbonyl (C=O) groups excluding carboxylic acids is 1. The number of fused-ring (bicyclic) bond motifs is 5. The third-order valence-corrected chi connectivity index (χ3v) is 6.54. The van der Waals surface area contributed by atoms with Gasteiger partial charge in [-0.1, -0.05) is 6.92 Å². The topological polar surface area (TPSA) is 168 Å². The Morgan fingerprint density at radius 1 is 1.32 bits per heavy atom. The lowest BCUT2D eigenvalue weighted by atomic mass is 9.86. The Kier molecular flexibility index (Phi) is 4.57. The Morgan fingerprint density at radius 2 is 2.06 bits per heavy atom. The van der Waals surface area contributed by atoms with E-state index in [1.807, 2.05) is 0 Å². The number of rotatable bonds is 4. The number of aliphatic hydroxyl groups is 1. The van der Waals surface area contributed by atoms with Gasteiger partial charge < -0.3 is 18.6 Å². The monoisotopic (exact) mass is 487 g/mol. The minimum Gasteiger partial charge on any atom is -0.458 e. The summed E-state index contributed by atoms with van der Waals surface area (Å²) in [6.07, 6.45) is 0.803. The van der Waals surface area contributed by atoms with Gasteiger partial charge in [-0.2, -0.15) is 8.42 Å². The molecule has 2 aliphatic rings. The number of esters is 1. The molecule has 3 aromatic rings. The van der Waals surface area contributed by atoms with Crippen molar-refractivity contribution in [2.24, 2.45) is 0 Å². The normalized spacial score (nSPS) is 18.7. The van der Waals surface area contributed by atoms with Gasteiger partial charge in [0.15, 0.2) is 11.4 Å². The molecule has 2 aliphatic heterocycles. The van der Waals surface area contributed by atoms with Gasteiger partial charge in [-0.3, -0.25) is 14.9 Å². The van der Waals surface area contributed by atoms with Crippen LogP contribution in [0, 0.1) is 10.1 Å². The number of nitro benzene ring substituents is 1. The number of carbonyl (C=O) groups is 1. The van der Waals surface area contributed by atoms with Crippen LogP contribution in [0.15, 0.2) is 29.1 Å². The van der Waals surface area contributed by atoms with Crippen molar-refractivity contribution in [2.75, 3.05) is 6.26 Å². The second-order valence-corrected chi connectivity index (χ2v) is 9.70. The molecule has 0 aliphatic carbocycles. The molecule has 5 rings (SSSR count). The van der Waals surface area contributed by atoms with E-state index in [0.29, 0.717) is 5.56 Å². The first-order chi connectivity index (χ1) is 15.9. The van der Waals surface area contributed by atoms with Crippen molar-refractivity contribution in [1.29, 1.82) is 0 Å². The molecule has 0 saturated carbocycles. The molecule has 0 spiro atoms. The second kappa shape index (κ2) is 7.08. The van der Waals surface area contributed by atoms with Crippen molar-refractivity contribution in [3.8, 4) is 17.1 Å². The molecule has 2 aromatic heterocycles. The third kappa shape index (κ3) is 3.08. The Bertz CT molecular complexity index is 1610. The zero-order chi connectivity index (χ0) is 24.6. The van der Waals surface area contributed by atoms with Gasteiger partial charge >= 0.3 is 16.1 Å². The van der Waals surface area contributed by atoms with Crippen molar-refractivity contribution in [2.45, 2.75) is 32.1 Å². The molecular weight excluding hydrogens is 470 g/mol. The van der Waals surface area contributed by atoms with E-state index in [1.165, 1.54) is 16.7 Å². The summed E-state index contributed by atoms with van der Waals surface area (Å²) in [5.74, 6) is -1.07. The van der Waals surface area contributed by atoms with Crippen molar-refractivity contribution in [3.05, 3.63) is 61.4 Å². The average molecular weight is 487 g/mol. The number of benzene rings is 1. The summed E-state index contributed by atoms with van der Waals surface area (Å²) in [4.78, 5) is 40.9. The van der Waals surface area contributed by atoms with Crippen LogP contribution in [0.2, 0.25) is 0 Å². The summed E-state index contributed by atoms with van der Waals surface area (Å²) in [6.45, 7) is 1.32. The van der Waals surface area contributed by atoms with Gasteiger partial charge in [0, 0.05) is 17.2 Å². The van der Waals surface area contributed by atoms with E-state index in [9.17, 15) is 33.2 Å². The maximum atomic E-state index is 13.2. The molecule has 13 heteroatoms. The molecule has 1 N–H and O–H groups in total. The fraction of sp³-hybridized carbons (Fsp3) is 0.286. The van der Waals surface area contributed by atoms with E-state index >= 15 is 0 Å². The zero-order valence-electron chi connectivity index (χ0n) is 17.9. The number of hydrogen-bond acceptors (Lipinski definition) is 10. The van der Waals surface area contributed by atoms with Gasteiger partial charge in [0.2, 0.25) is 0 Å². The van der Waals surface area contributed by atoms with Crippen LogP contribution in [0.5, 0.6) is 5.75 Å². The highest BCUT2D eigenvalue weighted by Gasteiger charge is 2.45. The zero-order valence-corrected chi connectivity index (χ0v) is 18.7. The fourth-order valence-corrected chi connectivity index (χ4v) is 4.88. The molecule has 176 valence electrons. The minimum atomic E-state index is -3.97. The maximum absolute atomic E-state index is 13.2. The lowest BCUT2D eigenvalue weighted by molar-refractivity contribution is -0.383. The van der Waals surface area contributed by atoms with Crippen molar-refractivity contribution in [1.82, 2.24) is 9.55 Å². The SMILES string of the molecule is CCC1(O)C(=O)OCc2c1cc1n(c2=O)Cc2cc3c([N+](=O)[O-])ccc(OS(C)(=O)=O)c3nc2-1. The largest absolute Gasteiger partial charge is 0.458 e. The predicted octanol–water partition coefficient (Wildman–Crippen LogP) is 1.33. The molecule has 0 bridgehead atoms. The molecule has 0 radical (unpaired) electrons. The highest BCUT2D eigenvalue weighted by Crippen LogP contribution is 2.41.